The highest BCUT2D eigenvalue weighted by atomic mass is 32.2. The van der Waals surface area contributed by atoms with Crippen LogP contribution in [0.5, 0.6) is 0 Å². The first-order chi connectivity index (χ1) is 7.18. The van der Waals surface area contributed by atoms with Crippen LogP contribution in [0.1, 0.15) is 12.8 Å². The maximum absolute atomic E-state index is 11.8. The van der Waals surface area contributed by atoms with E-state index in [0.29, 0.717) is 0 Å². The minimum Gasteiger partial charge on any atom is -0.266 e. The molecule has 5 nitrogen and oxygen atoms in total. The van der Waals surface area contributed by atoms with Gasteiger partial charge in [-0.1, -0.05) is 0 Å². The van der Waals surface area contributed by atoms with Crippen molar-refractivity contribution >= 4 is 21.8 Å². The molecule has 0 aromatic carbocycles. The van der Waals surface area contributed by atoms with Crippen LogP contribution in [0.15, 0.2) is 17.3 Å². The van der Waals surface area contributed by atoms with Gasteiger partial charge in [0.05, 0.1) is 6.20 Å². The molecule has 0 unspecified atom stereocenters. The SMILES string of the molecule is O=S(=O)(NC1CCSCC1)c1ccn[nH]1. The summed E-state index contributed by atoms with van der Waals surface area (Å²) in [5.41, 5.74) is 0. The Morgan fingerprint density at radius 1 is 1.47 bits per heavy atom. The Kier molecular flexibility index (Phi) is 3.32. The molecule has 7 heteroatoms. The van der Waals surface area contributed by atoms with Crippen molar-refractivity contribution in [1.82, 2.24) is 14.9 Å². The van der Waals surface area contributed by atoms with E-state index in [2.05, 4.69) is 14.9 Å². The van der Waals surface area contributed by atoms with Crippen LogP contribution in [-0.2, 0) is 10.0 Å². The first-order valence-corrected chi connectivity index (χ1v) is 7.42. The molecule has 1 fully saturated rings. The van der Waals surface area contributed by atoms with Gasteiger partial charge in [-0.3, -0.25) is 5.10 Å². The third-order valence-corrected chi connectivity index (χ3v) is 4.81. The Morgan fingerprint density at radius 3 is 2.80 bits per heavy atom. The average molecular weight is 247 g/mol. The molecule has 1 aromatic heterocycles. The Hall–Kier alpha value is -0.530. The van der Waals surface area contributed by atoms with Gasteiger partial charge in [-0.2, -0.15) is 16.9 Å². The molecule has 1 saturated heterocycles. The topological polar surface area (TPSA) is 74.8 Å². The van der Waals surface area contributed by atoms with Crippen LogP contribution in [0.3, 0.4) is 0 Å². The molecule has 1 aliphatic rings. The van der Waals surface area contributed by atoms with Gasteiger partial charge in [0.25, 0.3) is 10.0 Å². The van der Waals surface area contributed by atoms with Crippen LogP contribution in [0, 0.1) is 0 Å². The Labute approximate surface area is 93.1 Å². The number of hydrogen-bond donors (Lipinski definition) is 2. The molecule has 0 radical (unpaired) electrons. The van der Waals surface area contributed by atoms with Crippen LogP contribution in [-0.4, -0.2) is 36.2 Å². The first-order valence-electron chi connectivity index (χ1n) is 4.78. The fourth-order valence-electron chi connectivity index (χ4n) is 1.49. The molecule has 0 aliphatic carbocycles. The van der Waals surface area contributed by atoms with Crippen molar-refractivity contribution in [3.05, 3.63) is 12.3 Å². The van der Waals surface area contributed by atoms with Gasteiger partial charge < -0.3 is 0 Å². The molecule has 0 atom stereocenters. The quantitative estimate of drug-likeness (QED) is 0.819. The zero-order valence-electron chi connectivity index (χ0n) is 8.14. The second-order valence-corrected chi connectivity index (χ2v) is 6.34. The van der Waals surface area contributed by atoms with Gasteiger partial charge in [-0.25, -0.2) is 13.1 Å². The molecule has 1 aliphatic heterocycles. The molecule has 0 spiro atoms. The van der Waals surface area contributed by atoms with Gasteiger partial charge in [0, 0.05) is 6.04 Å². The Morgan fingerprint density at radius 2 is 2.20 bits per heavy atom. The fourth-order valence-corrected chi connectivity index (χ4v) is 3.81. The fraction of sp³-hybridized carbons (Fsp3) is 0.625. The summed E-state index contributed by atoms with van der Waals surface area (Å²) in [5.74, 6) is 2.05. The molecule has 0 saturated carbocycles. The zero-order chi connectivity index (χ0) is 10.7. The molecular weight excluding hydrogens is 234 g/mol. The summed E-state index contributed by atoms with van der Waals surface area (Å²) in [7, 11) is -3.39. The molecular formula is C8H13N3O2S2. The minimum absolute atomic E-state index is 0.0690. The van der Waals surface area contributed by atoms with Crippen LogP contribution in [0.25, 0.3) is 0 Å². The lowest BCUT2D eigenvalue weighted by Gasteiger charge is -2.21. The van der Waals surface area contributed by atoms with E-state index in [1.165, 1.54) is 12.3 Å². The van der Waals surface area contributed by atoms with Crippen LogP contribution < -0.4 is 4.72 Å². The lowest BCUT2D eigenvalue weighted by atomic mass is 10.2. The highest BCUT2D eigenvalue weighted by Gasteiger charge is 2.22. The number of H-pyrrole nitrogens is 1. The second-order valence-electron chi connectivity index (χ2n) is 3.43. The number of aromatic amines is 1. The standard InChI is InChI=1S/C8H13N3O2S2/c12-15(13,8-1-4-9-10-8)11-7-2-5-14-6-3-7/h1,4,7,11H,2-3,5-6H2,(H,9,10). The lowest BCUT2D eigenvalue weighted by Crippen LogP contribution is -2.37. The van der Waals surface area contributed by atoms with Gasteiger partial charge in [0.15, 0.2) is 5.03 Å². The summed E-state index contributed by atoms with van der Waals surface area (Å²) >= 11 is 1.87. The summed E-state index contributed by atoms with van der Waals surface area (Å²) in [5, 5.41) is 6.23. The molecule has 0 bridgehead atoms. The van der Waals surface area contributed by atoms with Gasteiger partial charge in [-0.15, -0.1) is 0 Å². The van der Waals surface area contributed by atoms with Crippen LogP contribution in [0.2, 0.25) is 0 Å². The van der Waals surface area contributed by atoms with E-state index in [-0.39, 0.29) is 11.1 Å². The predicted octanol–water partition coefficient (Wildman–Crippen LogP) is 0.584. The highest BCUT2D eigenvalue weighted by Crippen LogP contribution is 2.18. The Bertz CT molecular complexity index is 396. The van der Waals surface area contributed by atoms with Gasteiger partial charge >= 0.3 is 0 Å². The van der Waals surface area contributed by atoms with Crippen LogP contribution in [0.4, 0.5) is 0 Å². The van der Waals surface area contributed by atoms with Crippen molar-refractivity contribution in [2.24, 2.45) is 0 Å². The highest BCUT2D eigenvalue weighted by molar-refractivity contribution is 7.99. The molecule has 2 heterocycles. The number of sulfonamides is 1. The van der Waals surface area contributed by atoms with Crippen molar-refractivity contribution in [1.29, 1.82) is 0 Å². The molecule has 2 N–H and O–H groups in total. The smallest absolute Gasteiger partial charge is 0.257 e. The van der Waals surface area contributed by atoms with Crippen LogP contribution >= 0.6 is 11.8 Å². The summed E-state index contributed by atoms with van der Waals surface area (Å²) in [6.07, 6.45) is 3.24. The lowest BCUT2D eigenvalue weighted by molar-refractivity contribution is 0.526. The van der Waals surface area contributed by atoms with Crippen molar-refractivity contribution in [2.45, 2.75) is 23.9 Å². The number of nitrogens with one attached hydrogen (secondary N) is 2. The van der Waals surface area contributed by atoms with E-state index in [9.17, 15) is 8.42 Å². The second kappa shape index (κ2) is 4.54. The average Bonchev–Trinajstić information content (AvgIpc) is 2.71. The largest absolute Gasteiger partial charge is 0.266 e. The van der Waals surface area contributed by atoms with Gasteiger partial charge in [0.1, 0.15) is 0 Å². The number of rotatable bonds is 3. The van der Waals surface area contributed by atoms with E-state index < -0.39 is 10.0 Å². The maximum atomic E-state index is 11.8. The molecule has 2 rings (SSSR count). The van der Waals surface area contributed by atoms with Gasteiger partial charge in [-0.05, 0) is 30.4 Å². The van der Waals surface area contributed by atoms with Crippen molar-refractivity contribution < 1.29 is 8.42 Å². The zero-order valence-corrected chi connectivity index (χ0v) is 9.77. The number of thioether (sulfide) groups is 1. The van der Waals surface area contributed by atoms with E-state index in [0.717, 1.165) is 24.3 Å². The first kappa shape index (κ1) is 11.0. The van der Waals surface area contributed by atoms with Gasteiger partial charge in [0.2, 0.25) is 0 Å². The molecule has 1 aromatic rings. The normalized spacial score (nSPS) is 19.2. The number of nitrogens with zero attached hydrogens (tertiary/aromatic N) is 1. The molecule has 84 valence electrons. The maximum Gasteiger partial charge on any atom is 0.257 e. The summed E-state index contributed by atoms with van der Waals surface area (Å²) in [6, 6.07) is 1.53. The van der Waals surface area contributed by atoms with Crippen molar-refractivity contribution in [3.63, 3.8) is 0 Å². The minimum atomic E-state index is -3.39. The third-order valence-electron chi connectivity index (χ3n) is 2.31. The monoisotopic (exact) mass is 247 g/mol. The van der Waals surface area contributed by atoms with Crippen molar-refractivity contribution in [2.75, 3.05) is 11.5 Å². The summed E-state index contributed by atoms with van der Waals surface area (Å²) in [6.45, 7) is 0. The molecule has 0 amide bonds. The Balaban J connectivity index is 2.04. The summed E-state index contributed by atoms with van der Waals surface area (Å²) in [4.78, 5) is 0. The van der Waals surface area contributed by atoms with E-state index in [4.69, 9.17) is 0 Å². The number of aromatic nitrogens is 2. The number of hydrogen-bond acceptors (Lipinski definition) is 4. The van der Waals surface area contributed by atoms with E-state index in [1.54, 1.807) is 0 Å². The van der Waals surface area contributed by atoms with Crippen molar-refractivity contribution in [3.8, 4) is 0 Å². The van der Waals surface area contributed by atoms with E-state index in [1.807, 2.05) is 11.8 Å². The van der Waals surface area contributed by atoms with E-state index >= 15 is 0 Å². The summed E-state index contributed by atoms with van der Waals surface area (Å²) < 4.78 is 26.2. The third kappa shape index (κ3) is 2.73. The predicted molar refractivity (Wildman–Crippen MR) is 59.3 cm³/mol. The molecule has 15 heavy (non-hydrogen) atoms.